The average molecular weight is 244 g/mol. The van der Waals surface area contributed by atoms with Crippen molar-refractivity contribution in [1.29, 1.82) is 0 Å². The molecule has 1 saturated heterocycles. The molecule has 17 heavy (non-hydrogen) atoms. The molecule has 1 aliphatic heterocycles. The van der Waals surface area contributed by atoms with Gasteiger partial charge in [-0.15, -0.1) is 0 Å². The van der Waals surface area contributed by atoms with E-state index in [9.17, 15) is 13.2 Å². The van der Waals surface area contributed by atoms with Crippen LogP contribution in [0, 0.1) is 0 Å². The van der Waals surface area contributed by atoms with E-state index in [4.69, 9.17) is 0 Å². The lowest BCUT2D eigenvalue weighted by molar-refractivity contribution is -0.138. The van der Waals surface area contributed by atoms with E-state index >= 15 is 0 Å². The van der Waals surface area contributed by atoms with Crippen LogP contribution >= 0.6 is 0 Å². The topological polar surface area (TPSA) is 24.1 Å². The van der Waals surface area contributed by atoms with Crippen LogP contribution in [0.5, 0.6) is 0 Å². The first-order chi connectivity index (χ1) is 7.98. The summed E-state index contributed by atoms with van der Waals surface area (Å²) in [4.78, 5) is 0. The molecule has 1 fully saturated rings. The minimum Gasteiger partial charge on any atom is -0.314 e. The van der Waals surface area contributed by atoms with Crippen molar-refractivity contribution in [2.75, 3.05) is 13.1 Å². The predicted molar refractivity (Wildman–Crippen MR) is 59.7 cm³/mol. The van der Waals surface area contributed by atoms with Gasteiger partial charge in [0, 0.05) is 25.2 Å². The summed E-state index contributed by atoms with van der Waals surface area (Å²) < 4.78 is 38.4. The Kier molecular flexibility index (Phi) is 3.40. The van der Waals surface area contributed by atoms with Gasteiger partial charge in [-0.1, -0.05) is 18.2 Å². The third kappa shape index (κ3) is 2.79. The van der Waals surface area contributed by atoms with Crippen molar-refractivity contribution in [3.05, 3.63) is 35.4 Å². The van der Waals surface area contributed by atoms with E-state index < -0.39 is 11.7 Å². The molecule has 94 valence electrons. The normalized spacial score (nSPS) is 18.8. The Morgan fingerprint density at radius 1 is 1.29 bits per heavy atom. The molecule has 0 radical (unpaired) electrons. The van der Waals surface area contributed by atoms with Crippen molar-refractivity contribution < 1.29 is 13.2 Å². The molecule has 1 unspecified atom stereocenters. The molecule has 1 heterocycles. The fourth-order valence-corrected chi connectivity index (χ4v) is 1.98. The largest absolute Gasteiger partial charge is 0.416 e. The van der Waals surface area contributed by atoms with Gasteiger partial charge in [-0.2, -0.15) is 13.2 Å². The molecule has 2 rings (SSSR count). The second-order valence-corrected chi connectivity index (χ2v) is 4.33. The first-order valence-electron chi connectivity index (χ1n) is 5.61. The summed E-state index contributed by atoms with van der Waals surface area (Å²) in [5.74, 6) is 0. The van der Waals surface area contributed by atoms with Gasteiger partial charge in [-0.05, 0) is 18.6 Å². The van der Waals surface area contributed by atoms with E-state index in [-0.39, 0.29) is 12.1 Å². The van der Waals surface area contributed by atoms with Gasteiger partial charge in [-0.25, -0.2) is 0 Å². The molecular weight excluding hydrogens is 229 g/mol. The van der Waals surface area contributed by atoms with E-state index in [1.165, 1.54) is 12.1 Å². The number of alkyl halides is 3. The number of rotatable bonds is 3. The Bertz CT molecular complexity index is 386. The summed E-state index contributed by atoms with van der Waals surface area (Å²) in [7, 11) is 0. The van der Waals surface area contributed by atoms with Crippen LogP contribution in [0.15, 0.2) is 24.3 Å². The standard InChI is InChI=1S/C12H15F3N2/c1-8(17-9-6-16-7-9)10-4-2-3-5-11(10)12(13,14)15/h2-5,8-9,16-17H,6-7H2,1H3. The monoisotopic (exact) mass is 244 g/mol. The zero-order valence-corrected chi connectivity index (χ0v) is 9.51. The number of hydrogen-bond acceptors (Lipinski definition) is 2. The first kappa shape index (κ1) is 12.4. The molecule has 2 nitrogen and oxygen atoms in total. The van der Waals surface area contributed by atoms with Crippen molar-refractivity contribution in [2.45, 2.75) is 25.2 Å². The van der Waals surface area contributed by atoms with Gasteiger partial charge in [0.25, 0.3) is 0 Å². The number of nitrogens with one attached hydrogen (secondary N) is 2. The Hall–Kier alpha value is -1.07. The van der Waals surface area contributed by atoms with Crippen LogP contribution in [0.3, 0.4) is 0 Å². The van der Waals surface area contributed by atoms with Gasteiger partial charge >= 0.3 is 6.18 Å². The molecule has 1 aliphatic rings. The summed E-state index contributed by atoms with van der Waals surface area (Å²) in [5.41, 5.74) is -0.237. The predicted octanol–water partition coefficient (Wildman–Crippen LogP) is 2.33. The van der Waals surface area contributed by atoms with E-state index in [0.717, 1.165) is 19.2 Å². The summed E-state index contributed by atoms with van der Waals surface area (Å²) in [5, 5.41) is 6.26. The molecule has 1 aromatic carbocycles. The van der Waals surface area contributed by atoms with E-state index in [0.29, 0.717) is 5.56 Å². The highest BCUT2D eigenvalue weighted by atomic mass is 19.4. The second-order valence-electron chi connectivity index (χ2n) is 4.33. The van der Waals surface area contributed by atoms with Gasteiger partial charge in [0.1, 0.15) is 0 Å². The van der Waals surface area contributed by atoms with Crippen molar-refractivity contribution >= 4 is 0 Å². The zero-order valence-electron chi connectivity index (χ0n) is 9.51. The third-order valence-electron chi connectivity index (χ3n) is 3.00. The number of benzene rings is 1. The molecule has 0 spiro atoms. The fraction of sp³-hybridized carbons (Fsp3) is 0.500. The fourth-order valence-electron chi connectivity index (χ4n) is 1.98. The first-order valence-corrected chi connectivity index (χ1v) is 5.61. The molecule has 0 saturated carbocycles. The SMILES string of the molecule is CC(NC1CNC1)c1ccccc1C(F)(F)F. The molecule has 0 aliphatic carbocycles. The maximum Gasteiger partial charge on any atom is 0.416 e. The summed E-state index contributed by atoms with van der Waals surface area (Å²) in [6, 6.07) is 5.71. The van der Waals surface area contributed by atoms with Gasteiger partial charge in [0.15, 0.2) is 0 Å². The van der Waals surface area contributed by atoms with Crippen molar-refractivity contribution in [2.24, 2.45) is 0 Å². The smallest absolute Gasteiger partial charge is 0.314 e. The molecule has 5 heteroatoms. The van der Waals surface area contributed by atoms with Crippen LogP contribution in [0.2, 0.25) is 0 Å². The van der Waals surface area contributed by atoms with E-state index in [2.05, 4.69) is 10.6 Å². The Labute approximate surface area is 98.2 Å². The molecule has 0 aromatic heterocycles. The maximum atomic E-state index is 12.8. The minimum absolute atomic E-state index is 0.270. The lowest BCUT2D eigenvalue weighted by atomic mass is 9.99. The molecule has 1 atom stereocenters. The van der Waals surface area contributed by atoms with Crippen LogP contribution in [0.1, 0.15) is 24.1 Å². The van der Waals surface area contributed by atoms with Crippen LogP contribution in [0.4, 0.5) is 13.2 Å². The number of hydrogen-bond donors (Lipinski definition) is 2. The molecule has 0 amide bonds. The zero-order chi connectivity index (χ0) is 12.5. The maximum absolute atomic E-state index is 12.8. The van der Waals surface area contributed by atoms with Gasteiger partial charge in [0.05, 0.1) is 5.56 Å². The Morgan fingerprint density at radius 2 is 1.94 bits per heavy atom. The third-order valence-corrected chi connectivity index (χ3v) is 3.00. The number of halogens is 3. The molecular formula is C12H15F3N2. The van der Waals surface area contributed by atoms with Crippen LogP contribution in [-0.2, 0) is 6.18 Å². The quantitative estimate of drug-likeness (QED) is 0.852. The van der Waals surface area contributed by atoms with E-state index in [1.54, 1.807) is 13.0 Å². The van der Waals surface area contributed by atoms with Crippen LogP contribution in [0.25, 0.3) is 0 Å². The van der Waals surface area contributed by atoms with Gasteiger partial charge in [0.2, 0.25) is 0 Å². The average Bonchev–Trinajstić information content (AvgIpc) is 2.22. The Morgan fingerprint density at radius 3 is 2.47 bits per heavy atom. The van der Waals surface area contributed by atoms with Crippen LogP contribution in [-0.4, -0.2) is 19.1 Å². The van der Waals surface area contributed by atoms with Crippen LogP contribution < -0.4 is 10.6 Å². The Balaban J connectivity index is 2.18. The molecule has 1 aromatic rings. The molecule has 0 bridgehead atoms. The lowest BCUT2D eigenvalue weighted by Crippen LogP contribution is -2.55. The second kappa shape index (κ2) is 4.66. The van der Waals surface area contributed by atoms with E-state index in [1.807, 2.05) is 0 Å². The highest BCUT2D eigenvalue weighted by molar-refractivity contribution is 5.32. The summed E-state index contributed by atoms with van der Waals surface area (Å²) >= 11 is 0. The highest BCUT2D eigenvalue weighted by Gasteiger charge is 2.34. The molecule has 2 N–H and O–H groups in total. The summed E-state index contributed by atoms with van der Waals surface area (Å²) in [6.07, 6.45) is -4.29. The lowest BCUT2D eigenvalue weighted by Gasteiger charge is -2.32. The van der Waals surface area contributed by atoms with Gasteiger partial charge < -0.3 is 10.6 Å². The van der Waals surface area contributed by atoms with Crippen molar-refractivity contribution in [3.63, 3.8) is 0 Å². The summed E-state index contributed by atoms with van der Waals surface area (Å²) in [6.45, 7) is 3.40. The highest BCUT2D eigenvalue weighted by Crippen LogP contribution is 2.34. The van der Waals surface area contributed by atoms with Crippen molar-refractivity contribution in [3.8, 4) is 0 Å². The minimum atomic E-state index is -4.29. The van der Waals surface area contributed by atoms with Crippen molar-refractivity contribution in [1.82, 2.24) is 10.6 Å². The van der Waals surface area contributed by atoms with Gasteiger partial charge in [-0.3, -0.25) is 0 Å².